The molecule has 0 aliphatic rings. The van der Waals surface area contributed by atoms with Crippen molar-refractivity contribution < 1.29 is 9.90 Å². The Hall–Kier alpha value is -1.06. The molecule has 0 aromatic heterocycles. The summed E-state index contributed by atoms with van der Waals surface area (Å²) in [5, 5.41) is 11.7. The van der Waals surface area contributed by atoms with Crippen LogP contribution in [0.4, 0.5) is 0 Å². The van der Waals surface area contributed by atoms with Gasteiger partial charge in [0.2, 0.25) is 0 Å². The largest absolute Gasteiger partial charge is 0.508 e. The number of rotatable bonds is 3. The highest BCUT2D eigenvalue weighted by molar-refractivity contribution is 5.97. The van der Waals surface area contributed by atoms with Crippen LogP contribution in [-0.2, 0) is 0 Å². The van der Waals surface area contributed by atoms with Crippen LogP contribution in [0.15, 0.2) is 24.3 Å². The Labute approximate surface area is 83.2 Å². The lowest BCUT2D eigenvalue weighted by Crippen LogP contribution is -2.18. The minimum atomic E-state index is 0. The Morgan fingerprint density at radius 2 is 1.92 bits per heavy atom. The first-order valence-electron chi connectivity index (χ1n) is 3.71. The lowest BCUT2D eigenvalue weighted by Gasteiger charge is -1.99. The average molecular weight is 202 g/mol. The van der Waals surface area contributed by atoms with Gasteiger partial charge in [0.1, 0.15) is 5.75 Å². The van der Waals surface area contributed by atoms with Crippen LogP contribution < -0.4 is 5.32 Å². The van der Waals surface area contributed by atoms with Crippen molar-refractivity contribution in [3.05, 3.63) is 29.8 Å². The number of aromatic hydroxyl groups is 1. The Kier molecular flexibility index (Phi) is 5.11. The summed E-state index contributed by atoms with van der Waals surface area (Å²) >= 11 is 0. The van der Waals surface area contributed by atoms with E-state index in [0.29, 0.717) is 12.1 Å². The number of hydrogen-bond donors (Lipinski definition) is 2. The van der Waals surface area contributed by atoms with Crippen LogP contribution in [0.1, 0.15) is 10.4 Å². The van der Waals surface area contributed by atoms with Crippen LogP contribution in [0.3, 0.4) is 0 Å². The van der Waals surface area contributed by atoms with E-state index in [0.717, 1.165) is 0 Å². The van der Waals surface area contributed by atoms with Crippen LogP contribution in [0.25, 0.3) is 0 Å². The van der Waals surface area contributed by atoms with E-state index >= 15 is 0 Å². The summed E-state index contributed by atoms with van der Waals surface area (Å²) in [7, 11) is 1.72. The van der Waals surface area contributed by atoms with Crippen LogP contribution in [0.2, 0.25) is 0 Å². The highest BCUT2D eigenvalue weighted by Crippen LogP contribution is 2.09. The molecule has 0 unspecified atom stereocenters. The van der Waals surface area contributed by atoms with E-state index < -0.39 is 0 Å². The molecule has 1 rings (SSSR count). The van der Waals surface area contributed by atoms with Gasteiger partial charge in [-0.1, -0.05) is 0 Å². The molecule has 0 heterocycles. The molecule has 0 bridgehead atoms. The molecule has 0 fully saturated rings. The minimum absolute atomic E-state index is 0. The molecule has 1 aromatic rings. The predicted octanol–water partition coefficient (Wildman–Crippen LogP) is 1.22. The topological polar surface area (TPSA) is 49.3 Å². The zero-order valence-electron chi connectivity index (χ0n) is 7.28. The molecule has 13 heavy (non-hydrogen) atoms. The Balaban J connectivity index is 0.00000144. The number of carbonyl (C=O) groups excluding carboxylic acids is 1. The average Bonchev–Trinajstić information content (AvgIpc) is 2.06. The highest BCUT2D eigenvalue weighted by Gasteiger charge is 2.02. The van der Waals surface area contributed by atoms with E-state index in [1.807, 2.05) is 0 Å². The van der Waals surface area contributed by atoms with Gasteiger partial charge in [-0.3, -0.25) is 4.79 Å². The molecule has 0 amide bonds. The van der Waals surface area contributed by atoms with E-state index in [2.05, 4.69) is 5.32 Å². The second kappa shape index (κ2) is 5.56. The van der Waals surface area contributed by atoms with Crippen molar-refractivity contribution in [2.24, 2.45) is 0 Å². The standard InChI is InChI=1S/C9H11NO2.ClH/c1-10-6-9(12)7-2-4-8(11)5-3-7;/h2-5,10-11H,6H2,1H3;1H. The third-order valence-corrected chi connectivity index (χ3v) is 1.53. The predicted molar refractivity (Wildman–Crippen MR) is 53.6 cm³/mol. The number of nitrogens with one attached hydrogen (secondary N) is 1. The summed E-state index contributed by atoms with van der Waals surface area (Å²) in [4.78, 5) is 11.2. The summed E-state index contributed by atoms with van der Waals surface area (Å²) < 4.78 is 0. The lowest BCUT2D eigenvalue weighted by atomic mass is 10.1. The first kappa shape index (κ1) is 11.9. The zero-order chi connectivity index (χ0) is 8.97. The van der Waals surface area contributed by atoms with Crippen molar-refractivity contribution in [1.29, 1.82) is 0 Å². The molecule has 4 heteroatoms. The van der Waals surface area contributed by atoms with Crippen molar-refractivity contribution >= 4 is 18.2 Å². The minimum Gasteiger partial charge on any atom is -0.508 e. The fourth-order valence-electron chi connectivity index (χ4n) is 0.910. The highest BCUT2D eigenvalue weighted by atomic mass is 35.5. The molecule has 3 nitrogen and oxygen atoms in total. The summed E-state index contributed by atoms with van der Waals surface area (Å²) in [5.74, 6) is 0.202. The summed E-state index contributed by atoms with van der Waals surface area (Å²) in [6.45, 7) is 0.324. The summed E-state index contributed by atoms with van der Waals surface area (Å²) in [5.41, 5.74) is 0.613. The van der Waals surface area contributed by atoms with Gasteiger partial charge in [-0.2, -0.15) is 0 Å². The number of Topliss-reactive ketones (excluding diaryl/α,β-unsaturated/α-hetero) is 1. The SMILES string of the molecule is CNCC(=O)c1ccc(O)cc1.Cl. The van der Waals surface area contributed by atoms with Crippen LogP contribution >= 0.6 is 12.4 Å². The number of ketones is 1. The van der Waals surface area contributed by atoms with Gasteiger partial charge in [-0.15, -0.1) is 12.4 Å². The molecule has 0 aliphatic heterocycles. The second-order valence-corrected chi connectivity index (χ2v) is 2.50. The molecule has 0 spiro atoms. The monoisotopic (exact) mass is 201 g/mol. The Bertz CT molecular complexity index is 271. The summed E-state index contributed by atoms with van der Waals surface area (Å²) in [6, 6.07) is 6.22. The Morgan fingerprint density at radius 1 is 1.38 bits per heavy atom. The Morgan fingerprint density at radius 3 is 2.38 bits per heavy atom. The maximum Gasteiger partial charge on any atom is 0.176 e. The lowest BCUT2D eigenvalue weighted by molar-refractivity contribution is 0.0993. The number of carbonyl (C=O) groups is 1. The van der Waals surface area contributed by atoms with Gasteiger partial charge in [0.05, 0.1) is 6.54 Å². The number of likely N-dealkylation sites (N-methyl/N-ethyl adjacent to an activating group) is 1. The molecule has 2 N–H and O–H groups in total. The van der Waals surface area contributed by atoms with Gasteiger partial charge in [0, 0.05) is 5.56 Å². The van der Waals surface area contributed by atoms with E-state index in [-0.39, 0.29) is 23.9 Å². The van der Waals surface area contributed by atoms with Gasteiger partial charge in [0.25, 0.3) is 0 Å². The van der Waals surface area contributed by atoms with Crippen molar-refractivity contribution in [2.75, 3.05) is 13.6 Å². The van der Waals surface area contributed by atoms with Crippen molar-refractivity contribution in [2.45, 2.75) is 0 Å². The zero-order valence-corrected chi connectivity index (χ0v) is 8.10. The quantitative estimate of drug-likeness (QED) is 0.723. The van der Waals surface area contributed by atoms with E-state index in [4.69, 9.17) is 5.11 Å². The van der Waals surface area contributed by atoms with Crippen LogP contribution in [0.5, 0.6) is 5.75 Å². The van der Waals surface area contributed by atoms with Crippen molar-refractivity contribution in [3.8, 4) is 5.75 Å². The fourth-order valence-corrected chi connectivity index (χ4v) is 0.910. The molecule has 0 radical (unpaired) electrons. The molecule has 1 aromatic carbocycles. The van der Waals surface area contributed by atoms with Gasteiger partial charge < -0.3 is 10.4 Å². The molecule has 0 aliphatic carbocycles. The van der Waals surface area contributed by atoms with Gasteiger partial charge in [-0.25, -0.2) is 0 Å². The van der Waals surface area contributed by atoms with E-state index in [1.165, 1.54) is 12.1 Å². The smallest absolute Gasteiger partial charge is 0.176 e. The maximum atomic E-state index is 11.2. The van der Waals surface area contributed by atoms with E-state index in [1.54, 1.807) is 19.2 Å². The normalized spacial score (nSPS) is 9.00. The first-order valence-corrected chi connectivity index (χ1v) is 3.71. The van der Waals surface area contributed by atoms with Crippen molar-refractivity contribution in [3.63, 3.8) is 0 Å². The number of hydrogen-bond acceptors (Lipinski definition) is 3. The molecule has 0 saturated heterocycles. The van der Waals surface area contributed by atoms with Gasteiger partial charge in [-0.05, 0) is 31.3 Å². The number of phenols is 1. The number of phenolic OH excluding ortho intramolecular Hbond substituents is 1. The maximum absolute atomic E-state index is 11.2. The molecular formula is C9H12ClNO2. The molecule has 0 saturated carbocycles. The third-order valence-electron chi connectivity index (χ3n) is 1.53. The third kappa shape index (κ3) is 3.44. The van der Waals surface area contributed by atoms with Gasteiger partial charge >= 0.3 is 0 Å². The van der Waals surface area contributed by atoms with Gasteiger partial charge in [0.15, 0.2) is 5.78 Å². The number of benzene rings is 1. The second-order valence-electron chi connectivity index (χ2n) is 2.50. The van der Waals surface area contributed by atoms with Crippen LogP contribution in [0, 0.1) is 0 Å². The number of halogens is 1. The molecule has 0 atom stereocenters. The van der Waals surface area contributed by atoms with Crippen LogP contribution in [-0.4, -0.2) is 24.5 Å². The van der Waals surface area contributed by atoms with Crippen molar-refractivity contribution in [1.82, 2.24) is 5.32 Å². The first-order chi connectivity index (χ1) is 5.74. The summed E-state index contributed by atoms with van der Waals surface area (Å²) in [6.07, 6.45) is 0. The van der Waals surface area contributed by atoms with E-state index in [9.17, 15) is 4.79 Å². The fraction of sp³-hybridized carbons (Fsp3) is 0.222. The molecule has 72 valence electrons. The molecular weight excluding hydrogens is 190 g/mol.